The molecular formula is C10H17NO2. The van der Waals surface area contributed by atoms with Crippen LogP contribution in [0.4, 0.5) is 0 Å². The minimum absolute atomic E-state index is 0.220. The summed E-state index contributed by atoms with van der Waals surface area (Å²) in [5.74, 6) is -0.220. The maximum absolute atomic E-state index is 11.4. The number of allylic oxidation sites excluding steroid dienone is 1. The van der Waals surface area contributed by atoms with Crippen molar-refractivity contribution in [1.82, 2.24) is 0 Å². The third-order valence-corrected chi connectivity index (χ3v) is 2.28. The average Bonchev–Trinajstić information content (AvgIpc) is 2.30. The van der Waals surface area contributed by atoms with Gasteiger partial charge in [-0.15, -0.1) is 0 Å². The lowest BCUT2D eigenvalue weighted by molar-refractivity contribution is -0.138. The molecule has 0 fully saturated rings. The monoisotopic (exact) mass is 183 g/mol. The van der Waals surface area contributed by atoms with Crippen molar-refractivity contribution in [3.8, 4) is 0 Å². The van der Waals surface area contributed by atoms with Gasteiger partial charge >= 0.3 is 5.97 Å². The molecule has 0 aromatic heterocycles. The quantitative estimate of drug-likeness (QED) is 0.663. The van der Waals surface area contributed by atoms with Gasteiger partial charge in [-0.2, -0.15) is 0 Å². The number of carbonyl (C=O) groups is 1. The zero-order chi connectivity index (χ0) is 9.68. The summed E-state index contributed by atoms with van der Waals surface area (Å²) in [5.41, 5.74) is 7.23. The maximum atomic E-state index is 11.4. The number of nitrogens with two attached hydrogens (primary N) is 1. The van der Waals surface area contributed by atoms with Crippen molar-refractivity contribution in [2.75, 3.05) is 6.61 Å². The van der Waals surface area contributed by atoms with Gasteiger partial charge < -0.3 is 10.5 Å². The Bertz CT molecular complexity index is 221. The van der Waals surface area contributed by atoms with Crippen molar-refractivity contribution in [3.63, 3.8) is 0 Å². The lowest BCUT2D eigenvalue weighted by Gasteiger charge is -2.07. The molecule has 0 bridgehead atoms. The summed E-state index contributed by atoms with van der Waals surface area (Å²) in [6, 6.07) is 0. The molecule has 0 aliphatic heterocycles. The third kappa shape index (κ3) is 2.76. The minimum atomic E-state index is -0.220. The molecule has 1 aliphatic rings. The zero-order valence-corrected chi connectivity index (χ0v) is 8.14. The van der Waals surface area contributed by atoms with Gasteiger partial charge in [0.2, 0.25) is 0 Å². The molecular weight excluding hydrogens is 166 g/mol. The SMILES string of the molecule is CCOC(=O)C1=C(N)CCCCC1. The second kappa shape index (κ2) is 4.90. The highest BCUT2D eigenvalue weighted by molar-refractivity contribution is 5.89. The van der Waals surface area contributed by atoms with Gasteiger partial charge in [-0.05, 0) is 32.6 Å². The number of hydrogen-bond donors (Lipinski definition) is 1. The minimum Gasteiger partial charge on any atom is -0.463 e. The summed E-state index contributed by atoms with van der Waals surface area (Å²) >= 11 is 0. The predicted molar refractivity (Wildman–Crippen MR) is 50.9 cm³/mol. The summed E-state index contributed by atoms with van der Waals surface area (Å²) in [7, 11) is 0. The first-order chi connectivity index (χ1) is 6.25. The number of rotatable bonds is 2. The van der Waals surface area contributed by atoms with E-state index in [0.29, 0.717) is 12.2 Å². The highest BCUT2D eigenvalue weighted by atomic mass is 16.5. The van der Waals surface area contributed by atoms with Crippen molar-refractivity contribution in [1.29, 1.82) is 0 Å². The van der Waals surface area contributed by atoms with Gasteiger partial charge in [0.25, 0.3) is 0 Å². The fraction of sp³-hybridized carbons (Fsp3) is 0.700. The molecule has 0 unspecified atom stereocenters. The van der Waals surface area contributed by atoms with Crippen molar-refractivity contribution in [3.05, 3.63) is 11.3 Å². The van der Waals surface area contributed by atoms with Crippen LogP contribution in [0.3, 0.4) is 0 Å². The number of hydrogen-bond acceptors (Lipinski definition) is 3. The third-order valence-electron chi connectivity index (χ3n) is 2.28. The number of ether oxygens (including phenoxy) is 1. The average molecular weight is 183 g/mol. The van der Waals surface area contributed by atoms with E-state index in [1.807, 2.05) is 6.92 Å². The maximum Gasteiger partial charge on any atom is 0.335 e. The molecule has 3 heteroatoms. The molecule has 1 rings (SSSR count). The predicted octanol–water partition coefficient (Wildman–Crippen LogP) is 1.73. The fourth-order valence-corrected chi connectivity index (χ4v) is 1.56. The molecule has 0 amide bonds. The molecule has 74 valence electrons. The Kier molecular flexibility index (Phi) is 3.80. The van der Waals surface area contributed by atoms with Gasteiger partial charge in [-0.1, -0.05) is 6.42 Å². The van der Waals surface area contributed by atoms with Crippen LogP contribution in [0.1, 0.15) is 39.0 Å². The van der Waals surface area contributed by atoms with Crippen LogP contribution in [0.5, 0.6) is 0 Å². The van der Waals surface area contributed by atoms with Crippen LogP contribution in [0.25, 0.3) is 0 Å². The Morgan fingerprint density at radius 2 is 2.08 bits per heavy atom. The fourth-order valence-electron chi connectivity index (χ4n) is 1.56. The van der Waals surface area contributed by atoms with E-state index >= 15 is 0 Å². The Hall–Kier alpha value is -0.990. The van der Waals surface area contributed by atoms with E-state index in [1.54, 1.807) is 0 Å². The van der Waals surface area contributed by atoms with Gasteiger partial charge in [0.05, 0.1) is 12.2 Å². The molecule has 0 saturated heterocycles. The van der Waals surface area contributed by atoms with Crippen LogP contribution >= 0.6 is 0 Å². The molecule has 0 atom stereocenters. The highest BCUT2D eigenvalue weighted by Gasteiger charge is 2.16. The van der Waals surface area contributed by atoms with Gasteiger partial charge in [0.15, 0.2) is 0 Å². The summed E-state index contributed by atoms with van der Waals surface area (Å²) in [6.07, 6.45) is 4.92. The Labute approximate surface area is 78.9 Å². The van der Waals surface area contributed by atoms with E-state index in [-0.39, 0.29) is 5.97 Å². The summed E-state index contributed by atoms with van der Waals surface area (Å²) < 4.78 is 4.93. The van der Waals surface area contributed by atoms with Crippen molar-refractivity contribution >= 4 is 5.97 Å². The summed E-state index contributed by atoms with van der Waals surface area (Å²) in [5, 5.41) is 0. The summed E-state index contributed by atoms with van der Waals surface area (Å²) in [4.78, 5) is 11.4. The Balaban J connectivity index is 2.67. The molecule has 13 heavy (non-hydrogen) atoms. The second-order valence-corrected chi connectivity index (χ2v) is 3.28. The van der Waals surface area contributed by atoms with Gasteiger partial charge in [-0.25, -0.2) is 4.79 Å². The number of carbonyl (C=O) groups excluding carboxylic acids is 1. The van der Waals surface area contributed by atoms with E-state index in [4.69, 9.17) is 10.5 Å². The Morgan fingerprint density at radius 1 is 1.38 bits per heavy atom. The lowest BCUT2D eigenvalue weighted by atomic mass is 10.1. The smallest absolute Gasteiger partial charge is 0.335 e. The Morgan fingerprint density at radius 3 is 2.77 bits per heavy atom. The van der Waals surface area contributed by atoms with Crippen LogP contribution < -0.4 is 5.73 Å². The van der Waals surface area contributed by atoms with Gasteiger partial charge in [0, 0.05) is 5.70 Å². The normalized spacial score (nSPS) is 18.2. The lowest BCUT2D eigenvalue weighted by Crippen LogP contribution is -2.13. The van der Waals surface area contributed by atoms with Crippen molar-refractivity contribution < 1.29 is 9.53 Å². The highest BCUT2D eigenvalue weighted by Crippen LogP contribution is 2.21. The topological polar surface area (TPSA) is 52.3 Å². The van der Waals surface area contributed by atoms with Crippen LogP contribution in [0.2, 0.25) is 0 Å². The summed E-state index contributed by atoms with van der Waals surface area (Å²) in [6.45, 7) is 2.24. The first-order valence-corrected chi connectivity index (χ1v) is 4.90. The zero-order valence-electron chi connectivity index (χ0n) is 8.14. The van der Waals surface area contributed by atoms with Crippen LogP contribution in [-0.2, 0) is 9.53 Å². The van der Waals surface area contributed by atoms with Crippen molar-refractivity contribution in [2.24, 2.45) is 5.73 Å². The van der Waals surface area contributed by atoms with Crippen LogP contribution in [0.15, 0.2) is 11.3 Å². The molecule has 0 saturated carbocycles. The van der Waals surface area contributed by atoms with Crippen LogP contribution in [-0.4, -0.2) is 12.6 Å². The largest absolute Gasteiger partial charge is 0.463 e. The molecule has 1 aliphatic carbocycles. The molecule has 0 aromatic carbocycles. The van der Waals surface area contributed by atoms with E-state index in [0.717, 1.165) is 37.8 Å². The van der Waals surface area contributed by atoms with E-state index in [9.17, 15) is 4.79 Å². The van der Waals surface area contributed by atoms with E-state index in [1.165, 1.54) is 0 Å². The first-order valence-electron chi connectivity index (χ1n) is 4.90. The second-order valence-electron chi connectivity index (χ2n) is 3.28. The van der Waals surface area contributed by atoms with E-state index in [2.05, 4.69) is 0 Å². The van der Waals surface area contributed by atoms with E-state index < -0.39 is 0 Å². The van der Waals surface area contributed by atoms with Crippen molar-refractivity contribution in [2.45, 2.75) is 39.0 Å². The molecule has 0 radical (unpaired) electrons. The van der Waals surface area contributed by atoms with Gasteiger partial charge in [-0.3, -0.25) is 0 Å². The molecule has 0 heterocycles. The molecule has 0 aromatic rings. The van der Waals surface area contributed by atoms with Crippen LogP contribution in [0, 0.1) is 0 Å². The molecule has 2 N–H and O–H groups in total. The number of esters is 1. The van der Waals surface area contributed by atoms with Gasteiger partial charge in [0.1, 0.15) is 0 Å². The molecule has 3 nitrogen and oxygen atoms in total. The molecule has 0 spiro atoms. The standard InChI is InChI=1S/C10H17NO2/c1-2-13-10(12)8-6-4-3-5-7-9(8)11/h2-7,11H2,1H3. The first kappa shape index (κ1) is 10.1.